The van der Waals surface area contributed by atoms with E-state index in [0.29, 0.717) is 5.52 Å². The summed E-state index contributed by atoms with van der Waals surface area (Å²) in [4.78, 5) is 39.5. The van der Waals surface area contributed by atoms with Crippen LogP contribution < -0.4 is 10.9 Å². The molecule has 2 aromatic carbocycles. The summed E-state index contributed by atoms with van der Waals surface area (Å²) in [5.74, 6) is -0.368. The molecule has 27 heavy (non-hydrogen) atoms. The zero-order valence-corrected chi connectivity index (χ0v) is 14.9. The van der Waals surface area contributed by atoms with Crippen molar-refractivity contribution in [2.45, 2.75) is 26.8 Å². The van der Waals surface area contributed by atoms with Crippen LogP contribution in [0.1, 0.15) is 18.1 Å². The summed E-state index contributed by atoms with van der Waals surface area (Å²) >= 11 is 0. The molecule has 3 aromatic rings. The van der Waals surface area contributed by atoms with Gasteiger partial charge >= 0.3 is 0 Å². The molecule has 1 N–H and O–H groups in total. The van der Waals surface area contributed by atoms with Crippen LogP contribution >= 0.6 is 0 Å². The van der Waals surface area contributed by atoms with Gasteiger partial charge in [-0.1, -0.05) is 25.1 Å². The average molecular weight is 366 g/mol. The number of benzene rings is 2. The van der Waals surface area contributed by atoms with Crippen molar-refractivity contribution in [3.63, 3.8) is 0 Å². The van der Waals surface area contributed by atoms with Gasteiger partial charge in [0, 0.05) is 17.8 Å². The molecular formula is C19H18N4O4. The summed E-state index contributed by atoms with van der Waals surface area (Å²) in [5, 5.41) is 13.9. The van der Waals surface area contributed by atoms with E-state index in [1.54, 1.807) is 0 Å². The van der Waals surface area contributed by atoms with Gasteiger partial charge in [0.15, 0.2) is 0 Å². The Kier molecular flexibility index (Phi) is 4.98. The van der Waals surface area contributed by atoms with Crippen LogP contribution in [0, 0.1) is 17.0 Å². The standard InChI is InChI=1S/C19H18N4O4/c1-3-13-6-4-5-12(2)18(13)21-17(24)10-22-11-20-16-8-7-14(23(26)27)9-15(16)19(22)25/h4-9,11H,3,10H2,1-2H3,(H,21,24). The minimum atomic E-state index is -0.576. The van der Waals surface area contributed by atoms with Crippen molar-refractivity contribution in [2.24, 2.45) is 0 Å². The molecule has 8 heteroatoms. The van der Waals surface area contributed by atoms with Crippen molar-refractivity contribution in [1.29, 1.82) is 0 Å². The normalized spacial score (nSPS) is 10.7. The third-order valence-corrected chi connectivity index (χ3v) is 4.34. The Bertz CT molecular complexity index is 1100. The van der Waals surface area contributed by atoms with Crippen LogP contribution in [0.5, 0.6) is 0 Å². The smallest absolute Gasteiger partial charge is 0.270 e. The molecule has 0 spiro atoms. The summed E-state index contributed by atoms with van der Waals surface area (Å²) in [6.45, 7) is 3.66. The number of fused-ring (bicyclic) bond motifs is 1. The first-order valence-corrected chi connectivity index (χ1v) is 8.42. The van der Waals surface area contributed by atoms with E-state index in [-0.39, 0.29) is 23.5 Å². The number of rotatable bonds is 5. The summed E-state index contributed by atoms with van der Waals surface area (Å²) in [6, 6.07) is 9.64. The second kappa shape index (κ2) is 7.36. The zero-order chi connectivity index (χ0) is 19.6. The van der Waals surface area contributed by atoms with Gasteiger partial charge in [-0.05, 0) is 30.5 Å². The number of anilines is 1. The maximum Gasteiger partial charge on any atom is 0.270 e. The van der Waals surface area contributed by atoms with E-state index >= 15 is 0 Å². The molecule has 0 saturated heterocycles. The largest absolute Gasteiger partial charge is 0.324 e. The van der Waals surface area contributed by atoms with E-state index in [4.69, 9.17) is 0 Å². The van der Waals surface area contributed by atoms with Crippen molar-refractivity contribution in [3.8, 4) is 0 Å². The van der Waals surface area contributed by atoms with Gasteiger partial charge in [-0.2, -0.15) is 0 Å². The minimum absolute atomic E-state index is 0.102. The van der Waals surface area contributed by atoms with E-state index in [0.717, 1.165) is 27.8 Å². The van der Waals surface area contributed by atoms with E-state index < -0.39 is 10.5 Å². The van der Waals surface area contributed by atoms with Gasteiger partial charge in [0.05, 0.1) is 22.2 Å². The van der Waals surface area contributed by atoms with Crippen LogP contribution in [-0.2, 0) is 17.8 Å². The molecule has 0 radical (unpaired) electrons. The second-order valence-corrected chi connectivity index (χ2v) is 6.15. The third-order valence-electron chi connectivity index (χ3n) is 4.34. The highest BCUT2D eigenvalue weighted by Gasteiger charge is 2.14. The van der Waals surface area contributed by atoms with Crippen LogP contribution in [0.4, 0.5) is 11.4 Å². The predicted octanol–water partition coefficient (Wildman–Crippen LogP) is 2.81. The number of carbonyl (C=O) groups excluding carboxylic acids is 1. The lowest BCUT2D eigenvalue weighted by Crippen LogP contribution is -2.28. The number of nitro groups is 1. The van der Waals surface area contributed by atoms with Gasteiger partial charge in [-0.3, -0.25) is 24.3 Å². The molecule has 1 aromatic heterocycles. The van der Waals surface area contributed by atoms with Crippen molar-refractivity contribution in [2.75, 3.05) is 5.32 Å². The number of nitrogens with one attached hydrogen (secondary N) is 1. The quantitative estimate of drug-likeness (QED) is 0.552. The summed E-state index contributed by atoms with van der Waals surface area (Å²) in [5.41, 5.74) is 2.32. The fourth-order valence-electron chi connectivity index (χ4n) is 2.91. The molecule has 138 valence electrons. The van der Waals surface area contributed by atoms with Crippen molar-refractivity contribution >= 4 is 28.2 Å². The maximum absolute atomic E-state index is 12.6. The molecule has 3 rings (SSSR count). The first-order valence-electron chi connectivity index (χ1n) is 8.42. The van der Waals surface area contributed by atoms with Crippen LogP contribution in [-0.4, -0.2) is 20.4 Å². The van der Waals surface area contributed by atoms with Crippen LogP contribution in [0.25, 0.3) is 10.9 Å². The third kappa shape index (κ3) is 3.69. The van der Waals surface area contributed by atoms with E-state index in [2.05, 4.69) is 10.3 Å². The van der Waals surface area contributed by atoms with Gasteiger partial charge in [0.1, 0.15) is 6.54 Å². The minimum Gasteiger partial charge on any atom is -0.324 e. The molecule has 0 atom stereocenters. The van der Waals surface area contributed by atoms with Gasteiger partial charge in [0.2, 0.25) is 5.91 Å². The first-order chi connectivity index (χ1) is 12.9. The predicted molar refractivity (Wildman–Crippen MR) is 102 cm³/mol. The topological polar surface area (TPSA) is 107 Å². The number of hydrogen-bond acceptors (Lipinski definition) is 5. The fraction of sp³-hybridized carbons (Fsp3) is 0.211. The number of non-ortho nitro benzene ring substituents is 1. The summed E-state index contributed by atoms with van der Waals surface area (Å²) < 4.78 is 1.14. The monoisotopic (exact) mass is 366 g/mol. The van der Waals surface area contributed by atoms with Gasteiger partial charge in [-0.25, -0.2) is 4.98 Å². The number of carbonyl (C=O) groups is 1. The van der Waals surface area contributed by atoms with Crippen LogP contribution in [0.3, 0.4) is 0 Å². The van der Waals surface area contributed by atoms with Crippen molar-refractivity contribution in [3.05, 3.63) is 74.3 Å². The molecule has 0 aliphatic heterocycles. The molecule has 0 aliphatic rings. The number of amides is 1. The number of hydrogen-bond donors (Lipinski definition) is 1. The Labute approximate surface area is 154 Å². The Balaban J connectivity index is 1.90. The zero-order valence-electron chi connectivity index (χ0n) is 14.9. The lowest BCUT2D eigenvalue weighted by atomic mass is 10.1. The number of aromatic nitrogens is 2. The molecule has 8 nitrogen and oxygen atoms in total. The van der Waals surface area contributed by atoms with E-state index in [9.17, 15) is 19.7 Å². The second-order valence-electron chi connectivity index (χ2n) is 6.15. The molecule has 0 unspecified atom stereocenters. The van der Waals surface area contributed by atoms with Crippen LogP contribution in [0.15, 0.2) is 47.5 Å². The highest BCUT2D eigenvalue weighted by molar-refractivity contribution is 5.92. The number of para-hydroxylation sites is 1. The van der Waals surface area contributed by atoms with E-state index in [1.807, 2.05) is 32.0 Å². The SMILES string of the molecule is CCc1cccc(C)c1NC(=O)Cn1cnc2ccc([N+](=O)[O-])cc2c1=O. The lowest BCUT2D eigenvalue weighted by molar-refractivity contribution is -0.384. The molecule has 0 saturated carbocycles. The Hall–Kier alpha value is -3.55. The fourth-order valence-corrected chi connectivity index (χ4v) is 2.91. The molecule has 1 amide bonds. The molecule has 0 fully saturated rings. The number of aryl methyl sites for hydroxylation is 2. The first kappa shape index (κ1) is 18.2. The molecular weight excluding hydrogens is 348 g/mol. The highest BCUT2D eigenvalue weighted by Crippen LogP contribution is 2.21. The number of nitro benzene ring substituents is 1. The average Bonchev–Trinajstić information content (AvgIpc) is 2.65. The molecule has 0 bridgehead atoms. The van der Waals surface area contributed by atoms with Crippen molar-refractivity contribution < 1.29 is 9.72 Å². The van der Waals surface area contributed by atoms with Gasteiger partial charge < -0.3 is 5.32 Å². The lowest BCUT2D eigenvalue weighted by Gasteiger charge is -2.13. The van der Waals surface area contributed by atoms with Crippen molar-refractivity contribution in [1.82, 2.24) is 9.55 Å². The Morgan fingerprint density at radius 1 is 1.30 bits per heavy atom. The van der Waals surface area contributed by atoms with Crippen LogP contribution in [0.2, 0.25) is 0 Å². The van der Waals surface area contributed by atoms with E-state index in [1.165, 1.54) is 24.5 Å². The highest BCUT2D eigenvalue weighted by atomic mass is 16.6. The Morgan fingerprint density at radius 3 is 2.78 bits per heavy atom. The van der Waals surface area contributed by atoms with Gasteiger partial charge in [0.25, 0.3) is 11.2 Å². The molecule has 0 aliphatic carbocycles. The molecule has 1 heterocycles. The maximum atomic E-state index is 12.6. The summed E-state index contributed by atoms with van der Waals surface area (Å²) in [6.07, 6.45) is 2.03. The summed E-state index contributed by atoms with van der Waals surface area (Å²) in [7, 11) is 0. The number of nitrogens with zero attached hydrogens (tertiary/aromatic N) is 3. The Morgan fingerprint density at radius 2 is 2.07 bits per heavy atom. The van der Waals surface area contributed by atoms with Gasteiger partial charge in [-0.15, -0.1) is 0 Å².